The quantitative estimate of drug-likeness (QED) is 0.669. The van der Waals surface area contributed by atoms with Crippen LogP contribution in [0.25, 0.3) is 5.57 Å². The summed E-state index contributed by atoms with van der Waals surface area (Å²) in [7, 11) is 1.57. The second-order valence-electron chi connectivity index (χ2n) is 7.97. The standard InChI is InChI=1S/C24H25ClN2O3/c1-15-10-12-26(13-11-15)22-21(18-6-4-5-7-20(18)30-3)23(28)27(24(22)29)19-14-17(25)9-8-16(19)2/h4-9,14-15H,10-13H2,1-3H3. The van der Waals surface area contributed by atoms with Crippen LogP contribution >= 0.6 is 11.6 Å². The largest absolute Gasteiger partial charge is 0.496 e. The van der Waals surface area contributed by atoms with Crippen molar-refractivity contribution in [2.45, 2.75) is 26.7 Å². The Balaban J connectivity index is 1.88. The number of hydrogen-bond acceptors (Lipinski definition) is 4. The molecule has 6 heteroatoms. The van der Waals surface area contributed by atoms with Crippen molar-refractivity contribution in [3.8, 4) is 5.75 Å². The minimum atomic E-state index is -0.344. The van der Waals surface area contributed by atoms with Gasteiger partial charge in [0.1, 0.15) is 11.4 Å². The molecule has 0 saturated carbocycles. The number of hydrogen-bond donors (Lipinski definition) is 0. The van der Waals surface area contributed by atoms with Crippen LogP contribution in [0.1, 0.15) is 30.9 Å². The first kappa shape index (κ1) is 20.5. The lowest BCUT2D eigenvalue weighted by Crippen LogP contribution is -2.38. The number of amides is 2. The molecule has 1 fully saturated rings. The fourth-order valence-electron chi connectivity index (χ4n) is 4.18. The van der Waals surface area contributed by atoms with Crippen molar-refractivity contribution < 1.29 is 14.3 Å². The molecule has 0 aliphatic carbocycles. The Hall–Kier alpha value is -2.79. The van der Waals surface area contributed by atoms with Gasteiger partial charge in [0.2, 0.25) is 0 Å². The predicted molar refractivity (Wildman–Crippen MR) is 119 cm³/mol. The summed E-state index contributed by atoms with van der Waals surface area (Å²) in [6, 6.07) is 12.6. The minimum Gasteiger partial charge on any atom is -0.496 e. The summed E-state index contributed by atoms with van der Waals surface area (Å²) in [5.74, 6) is 0.528. The Bertz CT molecular complexity index is 1040. The van der Waals surface area contributed by atoms with E-state index in [1.807, 2.05) is 37.3 Å². The number of methoxy groups -OCH3 is 1. The van der Waals surface area contributed by atoms with Crippen LogP contribution in [0.15, 0.2) is 48.2 Å². The average molecular weight is 425 g/mol. The first-order valence-corrected chi connectivity index (χ1v) is 10.6. The highest BCUT2D eigenvalue weighted by Gasteiger charge is 2.44. The van der Waals surface area contributed by atoms with E-state index in [-0.39, 0.29) is 11.8 Å². The SMILES string of the molecule is COc1ccccc1C1=C(N2CCC(C)CC2)C(=O)N(c2cc(Cl)ccc2C)C1=O. The zero-order valence-corrected chi connectivity index (χ0v) is 18.2. The van der Waals surface area contributed by atoms with Crippen molar-refractivity contribution in [1.29, 1.82) is 0 Å². The van der Waals surface area contributed by atoms with E-state index >= 15 is 0 Å². The molecular formula is C24H25ClN2O3. The lowest BCUT2D eigenvalue weighted by Gasteiger charge is -2.32. The van der Waals surface area contributed by atoms with E-state index in [1.54, 1.807) is 19.2 Å². The van der Waals surface area contributed by atoms with Crippen LogP contribution in [0, 0.1) is 12.8 Å². The van der Waals surface area contributed by atoms with Crippen LogP contribution in [-0.4, -0.2) is 36.9 Å². The molecule has 2 amide bonds. The Morgan fingerprint density at radius 2 is 1.73 bits per heavy atom. The molecule has 2 aromatic carbocycles. The minimum absolute atomic E-state index is 0.305. The summed E-state index contributed by atoms with van der Waals surface area (Å²) < 4.78 is 5.52. The van der Waals surface area contributed by atoms with Gasteiger partial charge in [0, 0.05) is 23.7 Å². The Morgan fingerprint density at radius 1 is 1.03 bits per heavy atom. The van der Waals surface area contributed by atoms with Gasteiger partial charge in [0.25, 0.3) is 11.8 Å². The van der Waals surface area contributed by atoms with E-state index in [2.05, 4.69) is 11.8 Å². The molecule has 1 saturated heterocycles. The van der Waals surface area contributed by atoms with Gasteiger partial charge < -0.3 is 9.64 Å². The molecule has 2 aliphatic heterocycles. The van der Waals surface area contributed by atoms with E-state index in [9.17, 15) is 9.59 Å². The van der Waals surface area contributed by atoms with Crippen molar-refractivity contribution in [1.82, 2.24) is 4.90 Å². The first-order chi connectivity index (χ1) is 14.4. The van der Waals surface area contributed by atoms with Crippen LogP contribution in [0.3, 0.4) is 0 Å². The van der Waals surface area contributed by atoms with Gasteiger partial charge in [0.05, 0.1) is 18.4 Å². The molecule has 4 rings (SSSR count). The number of benzene rings is 2. The zero-order chi connectivity index (χ0) is 21.4. The summed E-state index contributed by atoms with van der Waals surface area (Å²) in [5.41, 5.74) is 2.82. The molecule has 0 unspecified atom stereocenters. The Labute approximate surface area is 181 Å². The zero-order valence-electron chi connectivity index (χ0n) is 17.4. The Kier molecular flexibility index (Phi) is 5.56. The van der Waals surface area contributed by atoms with Gasteiger partial charge in [-0.2, -0.15) is 0 Å². The van der Waals surface area contributed by atoms with Gasteiger partial charge in [0.15, 0.2) is 0 Å². The molecule has 5 nitrogen and oxygen atoms in total. The smallest absolute Gasteiger partial charge is 0.282 e. The third kappa shape index (κ3) is 3.47. The summed E-state index contributed by atoms with van der Waals surface area (Å²) >= 11 is 6.20. The summed E-state index contributed by atoms with van der Waals surface area (Å²) in [5, 5.41) is 0.482. The molecule has 0 N–H and O–H groups in total. The molecule has 0 spiro atoms. The number of halogens is 1. The molecule has 0 bridgehead atoms. The van der Waals surface area contributed by atoms with Gasteiger partial charge in [-0.3, -0.25) is 9.59 Å². The second kappa shape index (κ2) is 8.15. The number of ether oxygens (including phenoxy) is 1. The fourth-order valence-corrected chi connectivity index (χ4v) is 4.35. The molecule has 30 heavy (non-hydrogen) atoms. The highest BCUT2D eigenvalue weighted by molar-refractivity contribution is 6.46. The number of rotatable bonds is 4. The molecule has 0 atom stereocenters. The van der Waals surface area contributed by atoms with Crippen LogP contribution in [0.4, 0.5) is 5.69 Å². The molecule has 2 aromatic rings. The first-order valence-electron chi connectivity index (χ1n) is 10.2. The normalized spacial score (nSPS) is 17.9. The van der Waals surface area contributed by atoms with Gasteiger partial charge >= 0.3 is 0 Å². The summed E-state index contributed by atoms with van der Waals surface area (Å²) in [4.78, 5) is 30.7. The van der Waals surface area contributed by atoms with Crippen molar-refractivity contribution in [3.63, 3.8) is 0 Å². The van der Waals surface area contributed by atoms with Gasteiger partial charge in [-0.05, 0) is 49.4 Å². The van der Waals surface area contributed by atoms with Crippen molar-refractivity contribution in [2.24, 2.45) is 5.92 Å². The van der Waals surface area contributed by atoms with Crippen LogP contribution in [0.5, 0.6) is 5.75 Å². The molecule has 0 aromatic heterocycles. The third-order valence-corrected chi connectivity index (χ3v) is 6.18. The number of carbonyl (C=O) groups is 2. The van der Waals surface area contributed by atoms with Gasteiger partial charge in [-0.15, -0.1) is 0 Å². The van der Waals surface area contributed by atoms with E-state index in [0.29, 0.717) is 39.2 Å². The molecule has 156 valence electrons. The molecule has 2 heterocycles. The maximum atomic E-state index is 13.7. The lowest BCUT2D eigenvalue weighted by molar-refractivity contribution is -0.120. The van der Waals surface area contributed by atoms with Crippen LogP contribution < -0.4 is 9.64 Å². The number of piperidine rings is 1. The van der Waals surface area contributed by atoms with Crippen molar-refractivity contribution in [2.75, 3.05) is 25.1 Å². The van der Waals surface area contributed by atoms with E-state index in [4.69, 9.17) is 16.3 Å². The van der Waals surface area contributed by atoms with Crippen molar-refractivity contribution in [3.05, 3.63) is 64.3 Å². The number of anilines is 1. The molecular weight excluding hydrogens is 400 g/mol. The topological polar surface area (TPSA) is 49.9 Å². The predicted octanol–water partition coefficient (Wildman–Crippen LogP) is 4.67. The summed E-state index contributed by atoms with van der Waals surface area (Å²) in [6.45, 7) is 5.58. The molecule has 2 aliphatic rings. The van der Waals surface area contributed by atoms with E-state index < -0.39 is 0 Å². The van der Waals surface area contributed by atoms with E-state index in [1.165, 1.54) is 4.90 Å². The van der Waals surface area contributed by atoms with E-state index in [0.717, 1.165) is 31.5 Å². The van der Waals surface area contributed by atoms with Crippen LogP contribution in [-0.2, 0) is 9.59 Å². The Morgan fingerprint density at radius 3 is 2.43 bits per heavy atom. The summed E-state index contributed by atoms with van der Waals surface area (Å²) in [6.07, 6.45) is 1.97. The number of imide groups is 1. The maximum Gasteiger partial charge on any atom is 0.282 e. The lowest BCUT2D eigenvalue weighted by atomic mass is 9.97. The number of para-hydroxylation sites is 1. The number of aryl methyl sites for hydroxylation is 1. The number of nitrogens with zero attached hydrogens (tertiary/aromatic N) is 2. The number of carbonyl (C=O) groups excluding carboxylic acids is 2. The maximum absolute atomic E-state index is 13.7. The highest BCUT2D eigenvalue weighted by atomic mass is 35.5. The average Bonchev–Trinajstić information content (AvgIpc) is 3.00. The van der Waals surface area contributed by atoms with Gasteiger partial charge in [-0.25, -0.2) is 4.90 Å². The fraction of sp³-hybridized carbons (Fsp3) is 0.333. The van der Waals surface area contributed by atoms with Gasteiger partial charge in [-0.1, -0.05) is 42.8 Å². The third-order valence-electron chi connectivity index (χ3n) is 5.95. The van der Waals surface area contributed by atoms with Crippen molar-refractivity contribution >= 4 is 34.7 Å². The highest BCUT2D eigenvalue weighted by Crippen LogP contribution is 2.40. The monoisotopic (exact) mass is 424 g/mol. The number of likely N-dealkylation sites (tertiary alicyclic amines) is 1. The van der Waals surface area contributed by atoms with Crippen LogP contribution in [0.2, 0.25) is 5.02 Å². The second-order valence-corrected chi connectivity index (χ2v) is 8.41. The molecule has 0 radical (unpaired) electrons.